The fraction of sp³-hybridized carbons (Fsp3) is 0.857. The number of nitrogens with one attached hydrogen (secondary N) is 3. The van der Waals surface area contributed by atoms with Crippen molar-refractivity contribution in [2.45, 2.75) is 52.0 Å². The quantitative estimate of drug-likeness (QED) is 0.691. The number of carbonyl (C=O) groups is 2. The van der Waals surface area contributed by atoms with Gasteiger partial charge in [-0.25, -0.2) is 0 Å². The van der Waals surface area contributed by atoms with Gasteiger partial charge in [-0.05, 0) is 52.6 Å². The van der Waals surface area contributed by atoms with Crippen molar-refractivity contribution in [1.82, 2.24) is 16.0 Å². The molecule has 0 aromatic carbocycles. The standard InChI is InChI=1S/C14H27N3O2.ClH/c1-14(2,3)17-13(19)7-9-16-12(18)5-4-11-6-8-15-10-11;/h11,15H,4-10H2,1-3H3,(H,16,18)(H,17,19);1H. The van der Waals surface area contributed by atoms with Gasteiger partial charge in [0.05, 0.1) is 0 Å². The van der Waals surface area contributed by atoms with Crippen LogP contribution in [0.15, 0.2) is 0 Å². The highest BCUT2D eigenvalue weighted by Crippen LogP contribution is 2.13. The molecule has 1 heterocycles. The molecule has 1 fully saturated rings. The third kappa shape index (κ3) is 9.15. The lowest BCUT2D eigenvalue weighted by atomic mass is 10.0. The van der Waals surface area contributed by atoms with Crippen molar-refractivity contribution < 1.29 is 9.59 Å². The summed E-state index contributed by atoms with van der Waals surface area (Å²) in [5, 5.41) is 8.97. The van der Waals surface area contributed by atoms with Gasteiger partial charge in [-0.1, -0.05) is 0 Å². The molecule has 5 nitrogen and oxygen atoms in total. The Morgan fingerprint density at radius 2 is 1.90 bits per heavy atom. The molecule has 0 spiro atoms. The number of hydrogen-bond donors (Lipinski definition) is 3. The van der Waals surface area contributed by atoms with Crippen LogP contribution in [0.4, 0.5) is 0 Å². The Morgan fingerprint density at radius 3 is 2.45 bits per heavy atom. The molecule has 0 bridgehead atoms. The molecule has 1 rings (SSSR count). The molecule has 6 heteroatoms. The Balaban J connectivity index is 0.00000361. The van der Waals surface area contributed by atoms with Crippen molar-refractivity contribution in [2.75, 3.05) is 19.6 Å². The number of rotatable bonds is 6. The molecule has 0 aliphatic carbocycles. The summed E-state index contributed by atoms with van der Waals surface area (Å²) in [6, 6.07) is 0. The highest BCUT2D eigenvalue weighted by Gasteiger charge is 2.16. The lowest BCUT2D eigenvalue weighted by Crippen LogP contribution is -2.42. The Labute approximate surface area is 128 Å². The third-order valence-electron chi connectivity index (χ3n) is 3.13. The van der Waals surface area contributed by atoms with Crippen molar-refractivity contribution in [2.24, 2.45) is 5.92 Å². The minimum atomic E-state index is -0.212. The maximum Gasteiger partial charge on any atom is 0.222 e. The first-order valence-electron chi connectivity index (χ1n) is 7.15. The van der Waals surface area contributed by atoms with Crippen LogP contribution in [0.25, 0.3) is 0 Å². The molecule has 1 saturated heterocycles. The average Bonchev–Trinajstić information content (AvgIpc) is 2.76. The van der Waals surface area contributed by atoms with Crippen molar-refractivity contribution in [3.63, 3.8) is 0 Å². The zero-order valence-electron chi connectivity index (χ0n) is 12.8. The number of carbonyl (C=O) groups excluding carboxylic acids is 2. The normalized spacial score (nSPS) is 18.2. The molecule has 1 aliphatic rings. The van der Waals surface area contributed by atoms with E-state index in [1.807, 2.05) is 20.8 Å². The van der Waals surface area contributed by atoms with Gasteiger partial charge in [-0.2, -0.15) is 0 Å². The summed E-state index contributed by atoms with van der Waals surface area (Å²) in [4.78, 5) is 23.1. The van der Waals surface area contributed by atoms with Gasteiger partial charge in [0.2, 0.25) is 11.8 Å². The second kappa shape index (κ2) is 9.19. The maximum atomic E-state index is 11.6. The minimum Gasteiger partial charge on any atom is -0.356 e. The smallest absolute Gasteiger partial charge is 0.222 e. The van der Waals surface area contributed by atoms with E-state index in [1.165, 1.54) is 6.42 Å². The molecule has 0 aromatic rings. The van der Waals surface area contributed by atoms with Gasteiger partial charge in [-0.15, -0.1) is 12.4 Å². The summed E-state index contributed by atoms with van der Waals surface area (Å²) >= 11 is 0. The van der Waals surface area contributed by atoms with Crippen molar-refractivity contribution in [1.29, 1.82) is 0 Å². The Bertz CT molecular complexity index is 310. The van der Waals surface area contributed by atoms with Gasteiger partial charge in [-0.3, -0.25) is 9.59 Å². The molecule has 3 N–H and O–H groups in total. The van der Waals surface area contributed by atoms with Gasteiger partial charge in [0, 0.05) is 24.9 Å². The SMILES string of the molecule is CC(C)(C)NC(=O)CCNC(=O)CCC1CCNC1.Cl. The van der Waals surface area contributed by atoms with Gasteiger partial charge < -0.3 is 16.0 Å². The molecule has 1 unspecified atom stereocenters. The van der Waals surface area contributed by atoms with E-state index < -0.39 is 0 Å². The zero-order chi connectivity index (χ0) is 14.3. The molecule has 0 saturated carbocycles. The van der Waals surface area contributed by atoms with Crippen LogP contribution in [-0.4, -0.2) is 37.0 Å². The second-order valence-electron chi connectivity index (χ2n) is 6.30. The molecule has 0 aromatic heterocycles. The fourth-order valence-electron chi connectivity index (χ4n) is 2.18. The summed E-state index contributed by atoms with van der Waals surface area (Å²) in [6.45, 7) is 8.35. The van der Waals surface area contributed by atoms with Crippen LogP contribution >= 0.6 is 12.4 Å². The van der Waals surface area contributed by atoms with E-state index >= 15 is 0 Å². The van der Waals surface area contributed by atoms with E-state index in [4.69, 9.17) is 0 Å². The van der Waals surface area contributed by atoms with Crippen LogP contribution < -0.4 is 16.0 Å². The van der Waals surface area contributed by atoms with E-state index in [9.17, 15) is 9.59 Å². The van der Waals surface area contributed by atoms with Crippen LogP contribution in [0.3, 0.4) is 0 Å². The molecule has 2 amide bonds. The Hall–Kier alpha value is -0.810. The number of amides is 2. The van der Waals surface area contributed by atoms with Gasteiger partial charge in [0.25, 0.3) is 0 Å². The van der Waals surface area contributed by atoms with Crippen LogP contribution in [0.2, 0.25) is 0 Å². The lowest BCUT2D eigenvalue weighted by molar-refractivity contribution is -0.123. The van der Waals surface area contributed by atoms with E-state index in [2.05, 4.69) is 16.0 Å². The summed E-state index contributed by atoms with van der Waals surface area (Å²) in [7, 11) is 0. The predicted octanol–water partition coefficient (Wildman–Crippen LogP) is 1.22. The van der Waals surface area contributed by atoms with Crippen LogP contribution in [0.1, 0.15) is 46.5 Å². The first-order chi connectivity index (χ1) is 8.87. The minimum absolute atomic E-state index is 0. The summed E-state index contributed by atoms with van der Waals surface area (Å²) < 4.78 is 0. The van der Waals surface area contributed by atoms with E-state index in [0.29, 0.717) is 25.3 Å². The first-order valence-corrected chi connectivity index (χ1v) is 7.15. The first kappa shape index (κ1) is 19.2. The van der Waals surface area contributed by atoms with Gasteiger partial charge >= 0.3 is 0 Å². The van der Waals surface area contributed by atoms with Crippen LogP contribution in [-0.2, 0) is 9.59 Å². The molecular formula is C14H28ClN3O2. The van der Waals surface area contributed by atoms with Gasteiger partial charge in [0.1, 0.15) is 0 Å². The van der Waals surface area contributed by atoms with Crippen molar-refractivity contribution in [3.05, 3.63) is 0 Å². The maximum absolute atomic E-state index is 11.6. The molecule has 1 atom stereocenters. The van der Waals surface area contributed by atoms with Crippen LogP contribution in [0, 0.1) is 5.92 Å². The molecule has 20 heavy (non-hydrogen) atoms. The number of hydrogen-bond acceptors (Lipinski definition) is 3. The van der Waals surface area contributed by atoms with E-state index in [1.54, 1.807) is 0 Å². The largest absolute Gasteiger partial charge is 0.356 e. The lowest BCUT2D eigenvalue weighted by Gasteiger charge is -2.20. The van der Waals surface area contributed by atoms with E-state index in [-0.39, 0.29) is 29.8 Å². The second-order valence-corrected chi connectivity index (χ2v) is 6.30. The highest BCUT2D eigenvalue weighted by atomic mass is 35.5. The monoisotopic (exact) mass is 305 g/mol. The predicted molar refractivity (Wildman–Crippen MR) is 83.0 cm³/mol. The summed E-state index contributed by atoms with van der Waals surface area (Å²) in [6.07, 6.45) is 3.01. The van der Waals surface area contributed by atoms with Crippen molar-refractivity contribution in [3.8, 4) is 0 Å². The zero-order valence-corrected chi connectivity index (χ0v) is 13.6. The third-order valence-corrected chi connectivity index (χ3v) is 3.13. The Kier molecular flexibility index (Phi) is 8.81. The molecule has 0 radical (unpaired) electrons. The topological polar surface area (TPSA) is 70.2 Å². The molecule has 118 valence electrons. The summed E-state index contributed by atoms with van der Waals surface area (Å²) in [5.74, 6) is 0.665. The fourth-order valence-corrected chi connectivity index (χ4v) is 2.18. The summed E-state index contributed by atoms with van der Waals surface area (Å²) in [5.41, 5.74) is -0.212. The van der Waals surface area contributed by atoms with Crippen LogP contribution in [0.5, 0.6) is 0 Å². The van der Waals surface area contributed by atoms with E-state index in [0.717, 1.165) is 19.5 Å². The number of halogens is 1. The van der Waals surface area contributed by atoms with Gasteiger partial charge in [0.15, 0.2) is 0 Å². The van der Waals surface area contributed by atoms with Crippen molar-refractivity contribution >= 4 is 24.2 Å². The molecule has 1 aliphatic heterocycles. The Morgan fingerprint density at radius 1 is 1.20 bits per heavy atom. The molecular weight excluding hydrogens is 278 g/mol. The average molecular weight is 306 g/mol. The highest BCUT2D eigenvalue weighted by molar-refractivity contribution is 5.85.